The highest BCUT2D eigenvalue weighted by atomic mass is 16.7. The van der Waals surface area contributed by atoms with E-state index in [0.717, 1.165) is 39.9 Å². The zero-order chi connectivity index (χ0) is 35.7. The fourth-order valence-corrected chi connectivity index (χ4v) is 6.62. The summed E-state index contributed by atoms with van der Waals surface area (Å²) in [7, 11) is 2.15. The van der Waals surface area contributed by atoms with Crippen LogP contribution in [0.25, 0.3) is 21.9 Å². The molecule has 0 saturated carbocycles. The number of carboxylic acid groups (broad SMARTS) is 1. The largest absolute Gasteiger partial charge is 0.481 e. The normalized spacial score (nSPS) is 18.1. The summed E-state index contributed by atoms with van der Waals surface area (Å²) in [6.45, 7) is 3.32. The third-order valence-electron chi connectivity index (χ3n) is 9.75. The maximum atomic E-state index is 12.2. The zero-order valence-electron chi connectivity index (χ0n) is 29.2. The molecule has 1 saturated heterocycles. The van der Waals surface area contributed by atoms with Gasteiger partial charge in [-0.2, -0.15) is 0 Å². The van der Waals surface area contributed by atoms with Gasteiger partial charge < -0.3 is 25.0 Å². The first kappa shape index (κ1) is 35.9. The number of carboxylic acids is 1. The number of aliphatic carboxylic acids is 1. The van der Waals surface area contributed by atoms with E-state index < -0.39 is 12.3 Å². The number of amides is 1. The first-order chi connectivity index (χ1) is 24.7. The van der Waals surface area contributed by atoms with Gasteiger partial charge in [-0.15, -0.1) is 0 Å². The number of hydrogen-bond donors (Lipinski definition) is 3. The molecule has 1 fully saturated rings. The summed E-state index contributed by atoms with van der Waals surface area (Å²) in [5.74, 6) is -1.06. The molecule has 0 aliphatic carbocycles. The van der Waals surface area contributed by atoms with Crippen molar-refractivity contribution in [2.24, 2.45) is 0 Å². The van der Waals surface area contributed by atoms with Gasteiger partial charge in [-0.25, -0.2) is 0 Å². The Morgan fingerprint density at radius 2 is 1.55 bits per heavy atom. The van der Waals surface area contributed by atoms with E-state index in [-0.39, 0.29) is 43.6 Å². The molecule has 6 rings (SSSR count). The number of rotatable bonds is 14. The second-order valence-electron chi connectivity index (χ2n) is 13.4. The van der Waals surface area contributed by atoms with Crippen LogP contribution >= 0.6 is 0 Å². The van der Waals surface area contributed by atoms with Crippen LogP contribution in [-0.2, 0) is 32.2 Å². The van der Waals surface area contributed by atoms with Crippen LogP contribution < -0.4 is 5.32 Å². The number of fused-ring (bicyclic) bond motifs is 1. The number of aliphatic hydroxyl groups is 1. The van der Waals surface area contributed by atoms with Crippen molar-refractivity contribution in [1.29, 1.82) is 0 Å². The van der Waals surface area contributed by atoms with Gasteiger partial charge in [0.2, 0.25) is 5.91 Å². The van der Waals surface area contributed by atoms with Crippen LogP contribution in [0, 0.1) is 0 Å². The number of hydrogen-bond acceptors (Lipinski definition) is 6. The predicted molar refractivity (Wildman–Crippen MR) is 199 cm³/mol. The molecule has 0 bridgehead atoms. The lowest BCUT2D eigenvalue weighted by atomic mass is 9.98. The lowest BCUT2D eigenvalue weighted by molar-refractivity contribution is -0.253. The summed E-state index contributed by atoms with van der Waals surface area (Å²) in [4.78, 5) is 25.2. The minimum atomic E-state index is -0.897. The van der Waals surface area contributed by atoms with E-state index in [0.29, 0.717) is 19.4 Å². The number of nitrogens with zero attached hydrogens (tertiary/aromatic N) is 1. The lowest BCUT2D eigenvalue weighted by Crippen LogP contribution is -2.38. The number of carbonyl (C=O) groups excluding carboxylic acids is 1. The standard InChI is InChI=1S/C43H46N2O6/c1-29(36-22-19-32-8-3-4-9-38(32)24-36)45(2)27-39-25-40(34-15-13-30(28-46)14-16-34)51-43(50-39)35-20-17-33(18-21-35)37-10-5-7-31(23-37)26-44-41(47)11-6-12-42(48)49/h3-5,7-10,13-24,29,39-40,43,46H,6,11-12,25-28H2,1-2H3,(H,44,47)(H,48,49). The molecule has 4 atom stereocenters. The third-order valence-corrected chi connectivity index (χ3v) is 9.75. The molecule has 8 heteroatoms. The van der Waals surface area contributed by atoms with Gasteiger partial charge in [0.15, 0.2) is 6.29 Å². The first-order valence-corrected chi connectivity index (χ1v) is 17.6. The fourth-order valence-electron chi connectivity index (χ4n) is 6.62. The predicted octanol–water partition coefficient (Wildman–Crippen LogP) is 8.11. The van der Waals surface area contributed by atoms with Gasteiger partial charge in [0.25, 0.3) is 0 Å². The summed E-state index contributed by atoms with van der Waals surface area (Å²) < 4.78 is 13.3. The quantitative estimate of drug-likeness (QED) is 0.108. The van der Waals surface area contributed by atoms with E-state index in [4.69, 9.17) is 14.6 Å². The van der Waals surface area contributed by atoms with E-state index >= 15 is 0 Å². The van der Waals surface area contributed by atoms with Crippen molar-refractivity contribution in [2.45, 2.75) is 70.3 Å². The highest BCUT2D eigenvalue weighted by Gasteiger charge is 2.33. The molecule has 5 aromatic rings. The maximum absolute atomic E-state index is 12.2. The third kappa shape index (κ3) is 9.48. The molecule has 0 radical (unpaired) electrons. The van der Waals surface area contributed by atoms with Gasteiger partial charge >= 0.3 is 5.97 Å². The summed E-state index contributed by atoms with van der Waals surface area (Å²) in [5.41, 5.74) is 7.11. The number of benzene rings is 5. The first-order valence-electron chi connectivity index (χ1n) is 17.6. The Morgan fingerprint density at radius 3 is 2.29 bits per heavy atom. The van der Waals surface area contributed by atoms with Crippen LogP contribution in [0.3, 0.4) is 0 Å². The molecular weight excluding hydrogens is 640 g/mol. The SMILES string of the molecule is CC(c1ccc2ccccc2c1)N(C)CC1CC(c2ccc(CO)cc2)OC(c2ccc(-c3cccc(CNC(=O)CCCC(=O)O)c3)cc2)O1. The zero-order valence-corrected chi connectivity index (χ0v) is 29.2. The molecule has 51 heavy (non-hydrogen) atoms. The maximum Gasteiger partial charge on any atom is 0.303 e. The van der Waals surface area contributed by atoms with Gasteiger partial charge in [0.1, 0.15) is 0 Å². The highest BCUT2D eigenvalue weighted by molar-refractivity contribution is 5.83. The van der Waals surface area contributed by atoms with Crippen LogP contribution in [0.15, 0.2) is 115 Å². The molecule has 8 nitrogen and oxygen atoms in total. The monoisotopic (exact) mass is 686 g/mol. The van der Waals surface area contributed by atoms with Crippen molar-refractivity contribution >= 4 is 22.6 Å². The van der Waals surface area contributed by atoms with E-state index in [2.05, 4.69) is 84.9 Å². The van der Waals surface area contributed by atoms with Gasteiger partial charge in [-0.05, 0) is 76.7 Å². The van der Waals surface area contributed by atoms with Gasteiger partial charge in [0.05, 0.1) is 18.8 Å². The smallest absolute Gasteiger partial charge is 0.303 e. The molecule has 4 unspecified atom stereocenters. The van der Waals surface area contributed by atoms with Crippen LogP contribution in [0.4, 0.5) is 0 Å². The molecular formula is C43H46N2O6. The Bertz CT molecular complexity index is 1930. The van der Waals surface area contributed by atoms with Crippen molar-refractivity contribution in [1.82, 2.24) is 10.2 Å². The van der Waals surface area contributed by atoms with Crippen molar-refractivity contribution in [3.63, 3.8) is 0 Å². The second kappa shape index (κ2) is 16.9. The molecule has 1 aliphatic rings. The van der Waals surface area contributed by atoms with Crippen LogP contribution in [0.5, 0.6) is 0 Å². The minimum Gasteiger partial charge on any atom is -0.481 e. The second-order valence-corrected chi connectivity index (χ2v) is 13.4. The van der Waals surface area contributed by atoms with Gasteiger partial charge in [-0.3, -0.25) is 14.5 Å². The van der Waals surface area contributed by atoms with E-state index in [9.17, 15) is 14.7 Å². The van der Waals surface area contributed by atoms with Crippen molar-refractivity contribution in [3.05, 3.63) is 143 Å². The van der Waals surface area contributed by atoms with Gasteiger partial charge in [0, 0.05) is 44.0 Å². The van der Waals surface area contributed by atoms with Crippen molar-refractivity contribution in [3.8, 4) is 11.1 Å². The van der Waals surface area contributed by atoms with E-state index in [1.807, 2.05) is 54.6 Å². The topological polar surface area (TPSA) is 108 Å². The van der Waals surface area contributed by atoms with Crippen molar-refractivity contribution < 1.29 is 29.3 Å². The highest BCUT2D eigenvalue weighted by Crippen LogP contribution is 2.39. The van der Waals surface area contributed by atoms with E-state index in [1.165, 1.54) is 16.3 Å². The Labute approximate surface area is 299 Å². The molecule has 1 aliphatic heterocycles. The summed E-state index contributed by atoms with van der Waals surface area (Å²) in [6.07, 6.45) is 0.361. The fraction of sp³-hybridized carbons (Fsp3) is 0.302. The number of aliphatic hydroxyl groups excluding tert-OH is 1. The Balaban J connectivity index is 1.15. The molecule has 264 valence electrons. The average Bonchev–Trinajstić information content (AvgIpc) is 3.16. The average molecular weight is 687 g/mol. The summed E-state index contributed by atoms with van der Waals surface area (Å²) in [6, 6.07) is 39.5. The molecule has 3 N–H and O–H groups in total. The molecule has 0 aromatic heterocycles. The molecule has 1 amide bonds. The van der Waals surface area contributed by atoms with Gasteiger partial charge in [-0.1, -0.05) is 103 Å². The summed E-state index contributed by atoms with van der Waals surface area (Å²) in [5, 5.41) is 23.8. The molecule has 5 aromatic carbocycles. The van der Waals surface area contributed by atoms with Crippen LogP contribution in [0.2, 0.25) is 0 Å². The number of likely N-dealkylation sites (N-methyl/N-ethyl adjacent to an activating group) is 1. The van der Waals surface area contributed by atoms with Crippen LogP contribution in [-0.4, -0.2) is 46.7 Å². The Hall–Kier alpha value is -4.86. The number of carbonyl (C=O) groups is 2. The van der Waals surface area contributed by atoms with E-state index in [1.54, 1.807) is 0 Å². The lowest BCUT2D eigenvalue weighted by Gasteiger charge is -2.39. The summed E-state index contributed by atoms with van der Waals surface area (Å²) >= 11 is 0. The molecule has 1 heterocycles. The number of ether oxygens (including phenoxy) is 2. The minimum absolute atomic E-state index is 0.00386. The number of nitrogens with one attached hydrogen (secondary N) is 1. The molecule has 0 spiro atoms. The Morgan fingerprint density at radius 1 is 0.804 bits per heavy atom. The van der Waals surface area contributed by atoms with Crippen molar-refractivity contribution in [2.75, 3.05) is 13.6 Å². The Kier molecular flexibility index (Phi) is 11.9. The van der Waals surface area contributed by atoms with Crippen LogP contribution in [0.1, 0.15) is 78.9 Å².